The van der Waals surface area contributed by atoms with E-state index in [-0.39, 0.29) is 24.2 Å². The summed E-state index contributed by atoms with van der Waals surface area (Å²) in [5, 5.41) is 10.5. The highest BCUT2D eigenvalue weighted by molar-refractivity contribution is 5.89. The number of hydrogen-bond acceptors (Lipinski definition) is 6. The number of carbonyl (C=O) groups is 2. The Kier molecular flexibility index (Phi) is 5.08. The first-order chi connectivity index (χ1) is 10.1. The maximum absolute atomic E-state index is 11.7. The van der Waals surface area contributed by atoms with Crippen LogP contribution in [0.2, 0.25) is 0 Å². The molecule has 0 saturated carbocycles. The van der Waals surface area contributed by atoms with Gasteiger partial charge in [0.2, 0.25) is 0 Å². The van der Waals surface area contributed by atoms with Crippen molar-refractivity contribution in [1.82, 2.24) is 15.5 Å². The zero-order chi connectivity index (χ0) is 15.2. The van der Waals surface area contributed by atoms with E-state index in [1.54, 1.807) is 12.1 Å². The van der Waals surface area contributed by atoms with E-state index < -0.39 is 5.97 Å². The minimum Gasteiger partial charge on any atom is -0.451 e. The normalized spacial score (nSPS) is 14.3. The molecule has 114 valence electrons. The number of amides is 1. The van der Waals surface area contributed by atoms with Crippen molar-refractivity contribution in [3.8, 4) is 0 Å². The second kappa shape index (κ2) is 7.01. The summed E-state index contributed by atoms with van der Waals surface area (Å²) in [7, 11) is 0. The average molecular weight is 292 g/mol. The summed E-state index contributed by atoms with van der Waals surface area (Å²) in [5.74, 6) is -0.212. The summed E-state index contributed by atoms with van der Waals surface area (Å²) in [4.78, 5) is 25.3. The van der Waals surface area contributed by atoms with Gasteiger partial charge in [-0.2, -0.15) is 0 Å². The first-order valence-electron chi connectivity index (χ1n) is 7.11. The summed E-state index contributed by atoms with van der Waals surface area (Å²) in [6.07, 6.45) is 2.30. The van der Waals surface area contributed by atoms with E-state index in [0.29, 0.717) is 0 Å². The van der Waals surface area contributed by atoms with Crippen LogP contribution in [0.25, 0.3) is 0 Å². The maximum atomic E-state index is 11.7. The Bertz CT molecular complexity index is 495. The molecule has 2 rings (SSSR count). The van der Waals surface area contributed by atoms with Crippen LogP contribution in [-0.2, 0) is 9.53 Å². The smallest absolute Gasteiger partial charge is 0.359 e. The van der Waals surface area contributed by atoms with Crippen LogP contribution < -0.4 is 10.2 Å². The molecule has 7 nitrogen and oxygen atoms in total. The molecule has 2 heterocycles. The second-order valence-electron chi connectivity index (χ2n) is 5.27. The number of ether oxygens (including phenoxy) is 1. The number of rotatable bonds is 5. The number of carbonyl (C=O) groups excluding carboxylic acids is 2. The minimum absolute atomic E-state index is 0.00994. The lowest BCUT2D eigenvalue weighted by molar-refractivity contribution is -0.124. The van der Waals surface area contributed by atoms with Gasteiger partial charge in [0.1, 0.15) is 0 Å². The molecule has 1 saturated heterocycles. The van der Waals surface area contributed by atoms with Gasteiger partial charge in [-0.25, -0.2) is 4.79 Å². The summed E-state index contributed by atoms with van der Waals surface area (Å²) >= 11 is 0. The molecule has 1 aliphatic rings. The van der Waals surface area contributed by atoms with Gasteiger partial charge >= 0.3 is 5.97 Å². The fourth-order valence-electron chi connectivity index (χ4n) is 2.12. The monoisotopic (exact) mass is 292 g/mol. The minimum atomic E-state index is -0.644. The molecule has 7 heteroatoms. The molecule has 0 bridgehead atoms. The predicted molar refractivity (Wildman–Crippen MR) is 77.0 cm³/mol. The molecule has 1 aromatic heterocycles. The molecule has 0 spiro atoms. The Morgan fingerprint density at radius 3 is 2.57 bits per heavy atom. The molecule has 1 aliphatic heterocycles. The third-order valence-electron chi connectivity index (χ3n) is 3.07. The lowest BCUT2D eigenvalue weighted by atomic mass is 10.3. The third kappa shape index (κ3) is 4.40. The van der Waals surface area contributed by atoms with Crippen LogP contribution in [0.15, 0.2) is 12.1 Å². The molecule has 0 unspecified atom stereocenters. The van der Waals surface area contributed by atoms with Gasteiger partial charge in [-0.05, 0) is 38.8 Å². The third-order valence-corrected chi connectivity index (χ3v) is 3.07. The number of nitrogens with zero attached hydrogens (tertiary/aromatic N) is 3. The molecular formula is C14H20N4O3. The fraction of sp³-hybridized carbons (Fsp3) is 0.571. The van der Waals surface area contributed by atoms with Crippen LogP contribution >= 0.6 is 0 Å². The van der Waals surface area contributed by atoms with Crippen molar-refractivity contribution in [3.63, 3.8) is 0 Å². The molecule has 0 aliphatic carbocycles. The highest BCUT2D eigenvalue weighted by atomic mass is 16.5. The molecule has 1 aromatic rings. The van der Waals surface area contributed by atoms with E-state index in [1.165, 1.54) is 0 Å². The van der Waals surface area contributed by atoms with E-state index in [2.05, 4.69) is 20.4 Å². The zero-order valence-corrected chi connectivity index (χ0v) is 12.3. The number of esters is 1. The SMILES string of the molecule is CC(C)NC(=O)COC(=O)c1ccc(N2CCCC2)nn1. The van der Waals surface area contributed by atoms with E-state index >= 15 is 0 Å². The zero-order valence-electron chi connectivity index (χ0n) is 12.3. The Balaban J connectivity index is 1.86. The Morgan fingerprint density at radius 2 is 2.00 bits per heavy atom. The predicted octanol–water partition coefficient (Wildman–Crippen LogP) is 0.758. The number of hydrogen-bond donors (Lipinski definition) is 1. The number of aromatic nitrogens is 2. The van der Waals surface area contributed by atoms with Crippen molar-refractivity contribution in [3.05, 3.63) is 17.8 Å². The maximum Gasteiger partial charge on any atom is 0.359 e. The van der Waals surface area contributed by atoms with Crippen LogP contribution in [0.5, 0.6) is 0 Å². The van der Waals surface area contributed by atoms with Crippen molar-refractivity contribution in [2.75, 3.05) is 24.6 Å². The van der Waals surface area contributed by atoms with Crippen molar-refractivity contribution in [1.29, 1.82) is 0 Å². The first-order valence-corrected chi connectivity index (χ1v) is 7.11. The van der Waals surface area contributed by atoms with Crippen LogP contribution in [0.1, 0.15) is 37.2 Å². The Labute approximate surface area is 123 Å². The van der Waals surface area contributed by atoms with Crippen LogP contribution in [0.3, 0.4) is 0 Å². The number of anilines is 1. The second-order valence-corrected chi connectivity index (χ2v) is 5.27. The molecule has 1 fully saturated rings. The van der Waals surface area contributed by atoms with E-state index in [4.69, 9.17) is 4.74 Å². The van der Waals surface area contributed by atoms with E-state index in [0.717, 1.165) is 31.7 Å². The molecule has 0 aromatic carbocycles. The first kappa shape index (κ1) is 15.2. The molecule has 1 N–H and O–H groups in total. The van der Waals surface area contributed by atoms with Crippen LogP contribution in [0, 0.1) is 0 Å². The summed E-state index contributed by atoms with van der Waals surface area (Å²) in [6.45, 7) is 5.29. The van der Waals surface area contributed by atoms with Gasteiger partial charge in [-0.15, -0.1) is 10.2 Å². The van der Waals surface area contributed by atoms with Gasteiger partial charge in [0, 0.05) is 19.1 Å². The van der Waals surface area contributed by atoms with Gasteiger partial charge < -0.3 is 15.0 Å². The summed E-state index contributed by atoms with van der Waals surface area (Å²) in [6, 6.07) is 3.34. The van der Waals surface area contributed by atoms with Crippen molar-refractivity contribution >= 4 is 17.7 Å². The van der Waals surface area contributed by atoms with Crippen LogP contribution in [0.4, 0.5) is 5.82 Å². The highest BCUT2D eigenvalue weighted by Gasteiger charge is 2.16. The van der Waals surface area contributed by atoms with Crippen molar-refractivity contribution in [2.24, 2.45) is 0 Å². The largest absolute Gasteiger partial charge is 0.451 e. The lowest BCUT2D eigenvalue weighted by Gasteiger charge is -2.15. The molecule has 1 amide bonds. The van der Waals surface area contributed by atoms with E-state index in [1.807, 2.05) is 13.8 Å². The van der Waals surface area contributed by atoms with E-state index in [9.17, 15) is 9.59 Å². The van der Waals surface area contributed by atoms with Gasteiger partial charge in [0.25, 0.3) is 5.91 Å². The quantitative estimate of drug-likeness (QED) is 0.807. The molecule has 0 atom stereocenters. The highest BCUT2D eigenvalue weighted by Crippen LogP contribution is 2.16. The number of nitrogens with one attached hydrogen (secondary N) is 1. The fourth-order valence-corrected chi connectivity index (χ4v) is 2.12. The van der Waals surface area contributed by atoms with Crippen molar-refractivity contribution in [2.45, 2.75) is 32.7 Å². The Hall–Kier alpha value is -2.18. The summed E-state index contributed by atoms with van der Waals surface area (Å²) in [5.41, 5.74) is 0.107. The standard InChI is InChI=1S/C14H20N4O3/c1-10(2)15-13(19)9-21-14(20)11-5-6-12(17-16-11)18-7-3-4-8-18/h5-6,10H,3-4,7-9H2,1-2H3,(H,15,19). The average Bonchev–Trinajstić information content (AvgIpc) is 2.98. The van der Waals surface area contributed by atoms with Gasteiger partial charge in [0.05, 0.1) is 0 Å². The molecule has 21 heavy (non-hydrogen) atoms. The van der Waals surface area contributed by atoms with Gasteiger partial charge in [-0.3, -0.25) is 4.79 Å². The topological polar surface area (TPSA) is 84.4 Å². The van der Waals surface area contributed by atoms with Crippen LogP contribution in [-0.4, -0.2) is 47.8 Å². The molecule has 0 radical (unpaired) electrons. The summed E-state index contributed by atoms with van der Waals surface area (Å²) < 4.78 is 4.89. The Morgan fingerprint density at radius 1 is 1.29 bits per heavy atom. The molecular weight excluding hydrogens is 272 g/mol. The van der Waals surface area contributed by atoms with Crippen molar-refractivity contribution < 1.29 is 14.3 Å². The van der Waals surface area contributed by atoms with Gasteiger partial charge in [0.15, 0.2) is 18.1 Å². The van der Waals surface area contributed by atoms with Gasteiger partial charge in [-0.1, -0.05) is 0 Å². The lowest BCUT2D eigenvalue weighted by Crippen LogP contribution is -2.34.